The second-order valence-electron chi connectivity index (χ2n) is 6.80. The van der Waals surface area contributed by atoms with Crippen molar-refractivity contribution in [2.24, 2.45) is 0 Å². The summed E-state index contributed by atoms with van der Waals surface area (Å²) < 4.78 is 26.5. The first kappa shape index (κ1) is 26.9. The summed E-state index contributed by atoms with van der Waals surface area (Å²) in [5, 5.41) is 28.2. The van der Waals surface area contributed by atoms with E-state index >= 15 is 0 Å². The first-order valence-corrected chi connectivity index (χ1v) is 11.2. The average molecular weight is 415 g/mol. The lowest BCUT2D eigenvalue weighted by Gasteiger charge is -2.19. The monoisotopic (exact) mass is 415 g/mol. The van der Waals surface area contributed by atoms with Gasteiger partial charge in [0.25, 0.3) is 0 Å². The standard InChI is InChI=1S/C17H35O8P.H3N/c1-2-3-4-5-6-7-8-9-10-11-12-23-26(21,22)25-17-16(20)15(19)14(13-18)24-17;/h14-20H,2-13H2,1H3,(H,21,22);1H3/t14-,15-,16+,17+;/m1./s1. The maximum Gasteiger partial charge on any atom is 0.474 e. The molecule has 9 nitrogen and oxygen atoms in total. The fourth-order valence-electron chi connectivity index (χ4n) is 2.88. The Morgan fingerprint density at radius 2 is 1.44 bits per heavy atom. The van der Waals surface area contributed by atoms with E-state index in [0.29, 0.717) is 6.42 Å². The Hall–Kier alpha value is -0.0900. The van der Waals surface area contributed by atoms with Crippen LogP contribution < -0.4 is 6.15 Å². The van der Waals surface area contributed by atoms with Crippen LogP contribution in [0.3, 0.4) is 0 Å². The molecule has 1 heterocycles. The van der Waals surface area contributed by atoms with E-state index in [2.05, 4.69) is 6.92 Å². The molecule has 0 aromatic rings. The van der Waals surface area contributed by atoms with E-state index < -0.39 is 39.0 Å². The molecule has 1 aliphatic heterocycles. The molecule has 1 fully saturated rings. The summed E-state index contributed by atoms with van der Waals surface area (Å²) in [6.07, 6.45) is 5.94. The highest BCUT2D eigenvalue weighted by molar-refractivity contribution is 7.47. The van der Waals surface area contributed by atoms with E-state index in [1.54, 1.807) is 0 Å². The molecule has 164 valence electrons. The molecular weight excluding hydrogens is 377 g/mol. The molecule has 5 atom stereocenters. The van der Waals surface area contributed by atoms with Gasteiger partial charge in [-0.1, -0.05) is 64.7 Å². The molecule has 0 saturated carbocycles. The van der Waals surface area contributed by atoms with Gasteiger partial charge in [0.1, 0.15) is 18.3 Å². The summed E-state index contributed by atoms with van der Waals surface area (Å²) >= 11 is 0. The molecule has 1 saturated heterocycles. The normalized spacial score (nSPS) is 27.3. The van der Waals surface area contributed by atoms with Gasteiger partial charge in [0.05, 0.1) is 13.2 Å². The minimum Gasteiger partial charge on any atom is -0.394 e. The van der Waals surface area contributed by atoms with Gasteiger partial charge in [0, 0.05) is 0 Å². The third kappa shape index (κ3) is 10.9. The minimum atomic E-state index is -4.40. The molecular formula is C17H38NO8P. The maximum absolute atomic E-state index is 11.9. The zero-order chi connectivity index (χ0) is 19.4. The van der Waals surface area contributed by atoms with Crippen LogP contribution in [0.2, 0.25) is 0 Å². The van der Waals surface area contributed by atoms with Gasteiger partial charge in [-0.05, 0) is 6.42 Å². The van der Waals surface area contributed by atoms with E-state index in [-0.39, 0.29) is 12.8 Å². The summed E-state index contributed by atoms with van der Waals surface area (Å²) in [7, 11) is -4.40. The van der Waals surface area contributed by atoms with E-state index in [9.17, 15) is 19.7 Å². The quantitative estimate of drug-likeness (QED) is 0.200. The zero-order valence-corrected chi connectivity index (χ0v) is 17.3. The number of hydrogen-bond acceptors (Lipinski definition) is 8. The van der Waals surface area contributed by atoms with Crippen LogP contribution >= 0.6 is 7.82 Å². The van der Waals surface area contributed by atoms with Gasteiger partial charge in [0.2, 0.25) is 0 Å². The van der Waals surface area contributed by atoms with Gasteiger partial charge in [-0.3, -0.25) is 9.05 Å². The predicted octanol–water partition coefficient (Wildman–Crippen LogP) is 2.64. The van der Waals surface area contributed by atoms with Crippen LogP contribution in [0.4, 0.5) is 0 Å². The Balaban J connectivity index is 0.00000676. The lowest BCUT2D eigenvalue weighted by Crippen LogP contribution is -2.34. The van der Waals surface area contributed by atoms with Crippen LogP contribution in [0.15, 0.2) is 0 Å². The number of unbranched alkanes of at least 4 members (excludes halogenated alkanes) is 9. The zero-order valence-electron chi connectivity index (χ0n) is 16.4. The molecule has 0 radical (unpaired) electrons. The second kappa shape index (κ2) is 14.8. The largest absolute Gasteiger partial charge is 0.474 e. The van der Waals surface area contributed by atoms with Crippen LogP contribution in [-0.2, 0) is 18.3 Å². The average Bonchev–Trinajstić information content (AvgIpc) is 2.87. The molecule has 0 bridgehead atoms. The third-order valence-electron chi connectivity index (χ3n) is 4.49. The van der Waals surface area contributed by atoms with E-state index in [4.69, 9.17) is 18.9 Å². The number of aliphatic hydroxyl groups excluding tert-OH is 3. The Kier molecular flexibility index (Phi) is 14.8. The molecule has 0 aromatic heterocycles. The molecule has 0 aliphatic carbocycles. The van der Waals surface area contributed by atoms with E-state index in [1.807, 2.05) is 0 Å². The fourth-order valence-corrected chi connectivity index (χ4v) is 3.74. The van der Waals surface area contributed by atoms with Gasteiger partial charge in [-0.2, -0.15) is 0 Å². The van der Waals surface area contributed by atoms with Crippen molar-refractivity contribution < 1.29 is 38.6 Å². The van der Waals surface area contributed by atoms with Crippen molar-refractivity contribution >= 4 is 7.82 Å². The van der Waals surface area contributed by atoms with Crippen molar-refractivity contribution in [1.29, 1.82) is 0 Å². The summed E-state index contributed by atoms with van der Waals surface area (Å²) in [5.74, 6) is 0. The second-order valence-corrected chi connectivity index (χ2v) is 8.20. The highest BCUT2D eigenvalue weighted by Crippen LogP contribution is 2.46. The first-order valence-electron chi connectivity index (χ1n) is 9.69. The summed E-state index contributed by atoms with van der Waals surface area (Å²) in [4.78, 5) is 9.66. The number of rotatable bonds is 15. The Morgan fingerprint density at radius 1 is 0.926 bits per heavy atom. The SMILES string of the molecule is CCCCCCCCCCCCOP(=O)(O)O[C@@H]1O[C@H](CO)[C@@H](O)[C@@H]1O.N. The third-order valence-corrected chi connectivity index (χ3v) is 5.47. The van der Waals surface area contributed by atoms with Crippen LogP contribution in [0.25, 0.3) is 0 Å². The highest BCUT2D eigenvalue weighted by Gasteiger charge is 2.46. The van der Waals surface area contributed by atoms with Gasteiger partial charge in [-0.25, -0.2) is 4.57 Å². The van der Waals surface area contributed by atoms with Crippen molar-refractivity contribution in [3.63, 3.8) is 0 Å². The van der Waals surface area contributed by atoms with E-state index in [1.165, 1.54) is 38.5 Å². The summed E-state index contributed by atoms with van der Waals surface area (Å²) in [6, 6.07) is 0. The molecule has 1 aliphatic rings. The first-order chi connectivity index (χ1) is 12.4. The Bertz CT molecular complexity index is 414. The topological polar surface area (TPSA) is 161 Å². The Labute approximate surface area is 162 Å². The number of hydrogen-bond donors (Lipinski definition) is 5. The van der Waals surface area contributed by atoms with Gasteiger partial charge >= 0.3 is 7.82 Å². The van der Waals surface area contributed by atoms with Crippen molar-refractivity contribution in [3.8, 4) is 0 Å². The lowest BCUT2D eigenvalue weighted by atomic mass is 10.1. The number of ether oxygens (including phenoxy) is 1. The van der Waals surface area contributed by atoms with Crippen LogP contribution in [0.1, 0.15) is 71.1 Å². The van der Waals surface area contributed by atoms with Crippen molar-refractivity contribution in [2.75, 3.05) is 13.2 Å². The highest BCUT2D eigenvalue weighted by atomic mass is 31.2. The van der Waals surface area contributed by atoms with Crippen LogP contribution in [0, 0.1) is 0 Å². The number of phosphoric ester groups is 1. The van der Waals surface area contributed by atoms with Crippen molar-refractivity contribution in [1.82, 2.24) is 6.15 Å². The minimum absolute atomic E-state index is 0. The molecule has 10 heteroatoms. The van der Waals surface area contributed by atoms with Crippen molar-refractivity contribution in [2.45, 2.75) is 95.7 Å². The van der Waals surface area contributed by atoms with Crippen molar-refractivity contribution in [3.05, 3.63) is 0 Å². The molecule has 0 spiro atoms. The lowest BCUT2D eigenvalue weighted by molar-refractivity contribution is -0.128. The predicted molar refractivity (Wildman–Crippen MR) is 101 cm³/mol. The Morgan fingerprint density at radius 3 is 1.93 bits per heavy atom. The molecule has 7 N–H and O–H groups in total. The van der Waals surface area contributed by atoms with Gasteiger partial charge < -0.3 is 31.1 Å². The molecule has 1 rings (SSSR count). The smallest absolute Gasteiger partial charge is 0.394 e. The maximum atomic E-state index is 11.9. The fraction of sp³-hybridized carbons (Fsp3) is 1.00. The van der Waals surface area contributed by atoms with E-state index in [0.717, 1.165) is 19.3 Å². The molecule has 1 unspecified atom stereocenters. The van der Waals surface area contributed by atoms with Crippen LogP contribution in [0.5, 0.6) is 0 Å². The summed E-state index contributed by atoms with van der Waals surface area (Å²) in [5.41, 5.74) is 0. The molecule has 0 amide bonds. The van der Waals surface area contributed by atoms with Gasteiger partial charge in [0.15, 0.2) is 6.29 Å². The van der Waals surface area contributed by atoms with Crippen LogP contribution in [-0.4, -0.2) is 58.0 Å². The molecule has 0 aromatic carbocycles. The molecule has 27 heavy (non-hydrogen) atoms. The summed E-state index contributed by atoms with van der Waals surface area (Å²) in [6.45, 7) is 1.74. The number of phosphoric acid groups is 1. The van der Waals surface area contributed by atoms with Gasteiger partial charge in [-0.15, -0.1) is 0 Å². The number of aliphatic hydroxyl groups is 3.